The van der Waals surface area contributed by atoms with Gasteiger partial charge < -0.3 is 10.4 Å². The Labute approximate surface area is 110 Å². The number of aromatic hydroxyl groups is 1. The number of hydrogen-bond donors (Lipinski definition) is 2. The Morgan fingerprint density at radius 1 is 1.21 bits per heavy atom. The summed E-state index contributed by atoms with van der Waals surface area (Å²) in [5.41, 5.74) is 2.22. The maximum atomic E-state index is 12.1. The van der Waals surface area contributed by atoms with Crippen molar-refractivity contribution in [2.45, 2.75) is 6.92 Å². The Bertz CT molecular complexity index is 635. The summed E-state index contributed by atoms with van der Waals surface area (Å²) in [6.45, 7) is 1.75. The van der Waals surface area contributed by atoms with Crippen LogP contribution in [0, 0.1) is 6.92 Å². The minimum absolute atomic E-state index is 0.122. The number of phenols is 1. The Hall–Kier alpha value is -2.62. The predicted octanol–water partition coefficient (Wildman–Crippen LogP) is 2.77. The van der Waals surface area contributed by atoms with Gasteiger partial charge in [-0.2, -0.15) is 0 Å². The molecule has 1 amide bonds. The van der Waals surface area contributed by atoms with Crippen LogP contribution >= 0.6 is 0 Å². The number of nitrogens with one attached hydrogen (secondary N) is 1. The zero-order valence-electron chi connectivity index (χ0n) is 10.4. The average Bonchev–Trinajstić information content (AvgIpc) is 2.38. The van der Waals surface area contributed by atoms with Crippen molar-refractivity contribution in [1.82, 2.24) is 0 Å². The molecule has 0 spiro atoms. The normalized spacial score (nSPS) is 9.95. The van der Waals surface area contributed by atoms with E-state index < -0.39 is 0 Å². The monoisotopic (exact) mass is 255 g/mol. The van der Waals surface area contributed by atoms with Crippen molar-refractivity contribution in [2.75, 3.05) is 5.32 Å². The van der Waals surface area contributed by atoms with Gasteiger partial charge >= 0.3 is 0 Å². The smallest absolute Gasteiger partial charge is 0.255 e. The van der Waals surface area contributed by atoms with Gasteiger partial charge in [0.25, 0.3) is 5.91 Å². The molecule has 0 unspecified atom stereocenters. The molecular formula is C15H13NO3. The van der Waals surface area contributed by atoms with Crippen molar-refractivity contribution < 1.29 is 14.7 Å². The summed E-state index contributed by atoms with van der Waals surface area (Å²) in [4.78, 5) is 22.7. The Kier molecular flexibility index (Phi) is 3.61. The molecule has 96 valence electrons. The molecule has 4 nitrogen and oxygen atoms in total. The van der Waals surface area contributed by atoms with Crippen molar-refractivity contribution >= 4 is 17.9 Å². The molecule has 0 aliphatic carbocycles. The third-order valence-electron chi connectivity index (χ3n) is 2.74. The lowest BCUT2D eigenvalue weighted by Gasteiger charge is -2.08. The second kappa shape index (κ2) is 5.35. The molecule has 0 saturated heterocycles. The van der Waals surface area contributed by atoms with Gasteiger partial charge in [0.2, 0.25) is 0 Å². The summed E-state index contributed by atoms with van der Waals surface area (Å²) in [5.74, 6) is -0.155. The summed E-state index contributed by atoms with van der Waals surface area (Å²) < 4.78 is 0. The highest BCUT2D eigenvalue weighted by atomic mass is 16.3. The van der Waals surface area contributed by atoms with Crippen LogP contribution in [0.4, 0.5) is 5.69 Å². The molecule has 0 aliphatic heterocycles. The van der Waals surface area contributed by atoms with Crippen LogP contribution in [0.15, 0.2) is 42.5 Å². The van der Waals surface area contributed by atoms with E-state index in [0.717, 1.165) is 6.29 Å². The fourth-order valence-electron chi connectivity index (χ4n) is 1.79. The molecule has 0 heterocycles. The highest BCUT2D eigenvalue weighted by Gasteiger charge is 2.09. The van der Waals surface area contributed by atoms with E-state index in [1.54, 1.807) is 37.3 Å². The second-order valence-electron chi connectivity index (χ2n) is 4.20. The van der Waals surface area contributed by atoms with Crippen LogP contribution in [0.3, 0.4) is 0 Å². The van der Waals surface area contributed by atoms with Crippen LogP contribution < -0.4 is 5.32 Å². The standard InChI is InChI=1S/C15H13NO3/c1-10-7-13(18)5-6-14(10)15(19)16-12-4-2-3-11(8-12)9-17/h2-9,18H,1H3,(H,16,19). The molecule has 2 aromatic rings. The van der Waals surface area contributed by atoms with E-state index in [1.807, 2.05) is 0 Å². The highest BCUT2D eigenvalue weighted by Crippen LogP contribution is 2.17. The predicted molar refractivity (Wildman–Crippen MR) is 72.6 cm³/mol. The third-order valence-corrected chi connectivity index (χ3v) is 2.74. The first-order chi connectivity index (χ1) is 9.10. The largest absolute Gasteiger partial charge is 0.508 e. The fraction of sp³-hybridized carbons (Fsp3) is 0.0667. The Balaban J connectivity index is 2.22. The van der Waals surface area contributed by atoms with Gasteiger partial charge in [-0.3, -0.25) is 9.59 Å². The molecule has 0 radical (unpaired) electrons. The quantitative estimate of drug-likeness (QED) is 0.829. The second-order valence-corrected chi connectivity index (χ2v) is 4.20. The fourth-order valence-corrected chi connectivity index (χ4v) is 1.79. The first-order valence-corrected chi connectivity index (χ1v) is 5.76. The third kappa shape index (κ3) is 2.98. The Morgan fingerprint density at radius 3 is 2.68 bits per heavy atom. The van der Waals surface area contributed by atoms with Crippen LogP contribution in [0.1, 0.15) is 26.3 Å². The van der Waals surface area contributed by atoms with Crippen molar-refractivity contribution in [1.29, 1.82) is 0 Å². The van der Waals surface area contributed by atoms with Gasteiger partial charge in [0.1, 0.15) is 12.0 Å². The van der Waals surface area contributed by atoms with E-state index in [-0.39, 0.29) is 11.7 Å². The minimum Gasteiger partial charge on any atom is -0.508 e. The average molecular weight is 255 g/mol. The number of aryl methyl sites for hydroxylation is 1. The summed E-state index contributed by atoms with van der Waals surface area (Å²) in [5, 5.41) is 12.0. The molecule has 0 saturated carbocycles. The van der Waals surface area contributed by atoms with Crippen LogP contribution in [-0.4, -0.2) is 17.3 Å². The van der Waals surface area contributed by atoms with Gasteiger partial charge in [0.05, 0.1) is 0 Å². The van der Waals surface area contributed by atoms with Crippen molar-refractivity contribution in [3.8, 4) is 5.75 Å². The molecule has 4 heteroatoms. The van der Waals surface area contributed by atoms with E-state index in [4.69, 9.17) is 0 Å². The zero-order chi connectivity index (χ0) is 13.8. The van der Waals surface area contributed by atoms with Crippen LogP contribution in [0.5, 0.6) is 5.75 Å². The number of aldehydes is 1. The van der Waals surface area contributed by atoms with Crippen molar-refractivity contribution in [3.05, 3.63) is 59.2 Å². The number of anilines is 1. The zero-order valence-corrected chi connectivity index (χ0v) is 10.4. The highest BCUT2D eigenvalue weighted by molar-refractivity contribution is 6.05. The maximum absolute atomic E-state index is 12.1. The molecule has 0 bridgehead atoms. The van der Waals surface area contributed by atoms with Crippen LogP contribution in [-0.2, 0) is 0 Å². The lowest BCUT2D eigenvalue weighted by molar-refractivity contribution is 0.102. The summed E-state index contributed by atoms with van der Waals surface area (Å²) in [7, 11) is 0. The summed E-state index contributed by atoms with van der Waals surface area (Å²) in [6, 6.07) is 11.2. The number of carbonyl (C=O) groups is 2. The molecular weight excluding hydrogens is 242 g/mol. The molecule has 2 aromatic carbocycles. The van der Waals surface area contributed by atoms with E-state index in [2.05, 4.69) is 5.32 Å². The van der Waals surface area contributed by atoms with Crippen molar-refractivity contribution in [3.63, 3.8) is 0 Å². The van der Waals surface area contributed by atoms with E-state index in [9.17, 15) is 14.7 Å². The van der Waals surface area contributed by atoms with Gasteiger partial charge in [-0.25, -0.2) is 0 Å². The van der Waals surface area contributed by atoms with E-state index >= 15 is 0 Å². The van der Waals surface area contributed by atoms with Crippen molar-refractivity contribution in [2.24, 2.45) is 0 Å². The number of phenolic OH excluding ortho intramolecular Hbond substituents is 1. The molecule has 0 atom stereocenters. The summed E-state index contributed by atoms with van der Waals surface area (Å²) >= 11 is 0. The van der Waals surface area contributed by atoms with Gasteiger partial charge in [-0.1, -0.05) is 12.1 Å². The Morgan fingerprint density at radius 2 is 2.00 bits per heavy atom. The number of benzene rings is 2. The molecule has 0 aliphatic rings. The topological polar surface area (TPSA) is 66.4 Å². The molecule has 2 N–H and O–H groups in total. The number of rotatable bonds is 3. The molecule has 0 aromatic heterocycles. The van der Waals surface area contributed by atoms with E-state index in [0.29, 0.717) is 22.4 Å². The van der Waals surface area contributed by atoms with Crippen LogP contribution in [0.25, 0.3) is 0 Å². The molecule has 19 heavy (non-hydrogen) atoms. The van der Waals surface area contributed by atoms with Crippen LogP contribution in [0.2, 0.25) is 0 Å². The first-order valence-electron chi connectivity index (χ1n) is 5.76. The lowest BCUT2D eigenvalue weighted by Crippen LogP contribution is -2.13. The maximum Gasteiger partial charge on any atom is 0.255 e. The van der Waals surface area contributed by atoms with E-state index in [1.165, 1.54) is 12.1 Å². The molecule has 0 fully saturated rings. The minimum atomic E-state index is -0.277. The molecule has 2 rings (SSSR count). The van der Waals surface area contributed by atoms with Gasteiger partial charge in [0, 0.05) is 16.8 Å². The van der Waals surface area contributed by atoms with Gasteiger partial charge in [0.15, 0.2) is 0 Å². The SMILES string of the molecule is Cc1cc(O)ccc1C(=O)Nc1cccc(C=O)c1. The number of carbonyl (C=O) groups excluding carboxylic acids is 2. The lowest BCUT2D eigenvalue weighted by atomic mass is 10.1. The number of amides is 1. The number of hydrogen-bond acceptors (Lipinski definition) is 3. The van der Waals surface area contributed by atoms with Gasteiger partial charge in [-0.05, 0) is 42.8 Å². The van der Waals surface area contributed by atoms with Gasteiger partial charge in [-0.15, -0.1) is 0 Å². The first kappa shape index (κ1) is 12.8. The summed E-state index contributed by atoms with van der Waals surface area (Å²) in [6.07, 6.45) is 0.724.